The number of hydrazine groups is 1. The minimum Gasteiger partial charge on any atom is -0.462 e. The van der Waals surface area contributed by atoms with Crippen molar-refractivity contribution in [1.29, 1.82) is 0 Å². The van der Waals surface area contributed by atoms with Gasteiger partial charge in [-0.25, -0.2) is 14.8 Å². The summed E-state index contributed by atoms with van der Waals surface area (Å²) in [4.78, 5) is 44.0. The van der Waals surface area contributed by atoms with E-state index in [4.69, 9.17) is 4.74 Å². The number of rotatable bonds is 9. The topological polar surface area (TPSA) is 148 Å². The molecular formula is C26H24N6O5. The second-order valence-corrected chi connectivity index (χ2v) is 8.48. The van der Waals surface area contributed by atoms with Crippen molar-refractivity contribution < 1.29 is 19.2 Å². The highest BCUT2D eigenvalue weighted by Gasteiger charge is 2.24. The van der Waals surface area contributed by atoms with Crippen molar-refractivity contribution in [2.24, 2.45) is 5.92 Å². The molecule has 1 amide bonds. The zero-order valence-electron chi connectivity index (χ0n) is 20.1. The first kappa shape index (κ1) is 25.0. The lowest BCUT2D eigenvalue weighted by atomic mass is 10.0. The fourth-order valence-electron chi connectivity index (χ4n) is 3.49. The molecule has 0 aliphatic heterocycles. The summed E-state index contributed by atoms with van der Waals surface area (Å²) in [5.41, 5.74) is 5.73. The first-order valence-electron chi connectivity index (χ1n) is 11.4. The van der Waals surface area contributed by atoms with Gasteiger partial charge in [-0.05, 0) is 47.0 Å². The van der Waals surface area contributed by atoms with Crippen molar-refractivity contribution in [2.45, 2.75) is 13.8 Å². The van der Waals surface area contributed by atoms with Gasteiger partial charge in [-0.1, -0.05) is 50.2 Å². The molecule has 1 aromatic heterocycles. The van der Waals surface area contributed by atoms with Gasteiger partial charge in [-0.3, -0.25) is 25.8 Å². The molecule has 0 saturated heterocycles. The molecule has 188 valence electrons. The van der Waals surface area contributed by atoms with Gasteiger partial charge in [-0.15, -0.1) is 0 Å². The summed E-state index contributed by atoms with van der Waals surface area (Å²) in [6.07, 6.45) is 1.12. The molecule has 0 fully saturated rings. The van der Waals surface area contributed by atoms with Gasteiger partial charge >= 0.3 is 11.7 Å². The molecule has 0 unspecified atom stereocenters. The zero-order chi connectivity index (χ0) is 26.4. The predicted octanol–water partition coefficient (Wildman–Crippen LogP) is 4.85. The molecule has 0 aliphatic carbocycles. The van der Waals surface area contributed by atoms with E-state index in [0.717, 1.165) is 17.1 Å². The molecule has 0 spiro atoms. The Bertz CT molecular complexity index is 1450. The number of hydrogen-bond acceptors (Lipinski definition) is 9. The summed E-state index contributed by atoms with van der Waals surface area (Å²) in [5, 5.41) is 16.3. The maximum atomic E-state index is 12.8. The number of nitrogens with zero attached hydrogens (tertiary/aromatic N) is 3. The third-order valence-corrected chi connectivity index (χ3v) is 5.26. The Hall–Kier alpha value is -5.06. The number of nitrogens with one attached hydrogen (secondary N) is 3. The highest BCUT2D eigenvalue weighted by Crippen LogP contribution is 2.31. The summed E-state index contributed by atoms with van der Waals surface area (Å²) in [6.45, 7) is 4.18. The van der Waals surface area contributed by atoms with Crippen molar-refractivity contribution in [2.75, 3.05) is 17.3 Å². The molecule has 37 heavy (non-hydrogen) atoms. The molecular weight excluding hydrogens is 476 g/mol. The van der Waals surface area contributed by atoms with Gasteiger partial charge in [0.25, 0.3) is 5.91 Å². The van der Waals surface area contributed by atoms with E-state index in [1.54, 1.807) is 36.4 Å². The molecule has 0 saturated carbocycles. The normalized spacial score (nSPS) is 10.7. The first-order valence-corrected chi connectivity index (χ1v) is 11.4. The number of anilines is 3. The minimum absolute atomic E-state index is 0.1000. The van der Waals surface area contributed by atoms with E-state index in [1.807, 2.05) is 44.2 Å². The lowest BCUT2D eigenvalue weighted by Crippen LogP contribution is -2.30. The Morgan fingerprint density at radius 3 is 2.41 bits per heavy atom. The minimum atomic E-state index is -0.660. The van der Waals surface area contributed by atoms with E-state index >= 15 is 0 Å². The highest BCUT2D eigenvalue weighted by atomic mass is 16.6. The number of hydrogen-bond donors (Lipinski definition) is 3. The standard InChI is InChI=1S/C26H24N6O5/c1-16(2)14-37-26(34)18-10-12-19(13-11-18)29-23-22(32(35)36)24(28-15-27-23)30-31-25(33)21-9-5-7-17-6-3-4-8-20(17)21/h3-13,15-16H,14H2,1-2H3,(H,31,33)(H2,27,28,29,30). The van der Waals surface area contributed by atoms with Crippen LogP contribution in [0.1, 0.15) is 34.6 Å². The number of esters is 1. The molecule has 3 N–H and O–H groups in total. The van der Waals surface area contributed by atoms with E-state index in [1.165, 1.54) is 0 Å². The second-order valence-electron chi connectivity index (χ2n) is 8.48. The zero-order valence-corrected chi connectivity index (χ0v) is 20.1. The average molecular weight is 501 g/mol. The molecule has 0 aliphatic rings. The van der Waals surface area contributed by atoms with Crippen molar-refractivity contribution in [3.63, 3.8) is 0 Å². The van der Waals surface area contributed by atoms with Crippen LogP contribution < -0.4 is 16.2 Å². The maximum absolute atomic E-state index is 12.8. The van der Waals surface area contributed by atoms with Crippen LogP contribution in [0.3, 0.4) is 0 Å². The summed E-state index contributed by atoms with van der Waals surface area (Å²) >= 11 is 0. The van der Waals surface area contributed by atoms with Gasteiger partial charge in [-0.2, -0.15) is 0 Å². The maximum Gasteiger partial charge on any atom is 0.355 e. The first-order chi connectivity index (χ1) is 17.8. The van der Waals surface area contributed by atoms with E-state index in [0.29, 0.717) is 23.4 Å². The van der Waals surface area contributed by atoms with E-state index in [9.17, 15) is 19.7 Å². The van der Waals surface area contributed by atoms with Crippen LogP contribution in [-0.2, 0) is 4.74 Å². The average Bonchev–Trinajstić information content (AvgIpc) is 2.90. The van der Waals surface area contributed by atoms with E-state index < -0.39 is 22.5 Å². The molecule has 1 heterocycles. The molecule has 4 rings (SSSR count). The van der Waals surface area contributed by atoms with E-state index in [-0.39, 0.29) is 17.6 Å². The fourth-order valence-corrected chi connectivity index (χ4v) is 3.49. The fraction of sp³-hybridized carbons (Fsp3) is 0.154. The number of fused-ring (bicyclic) bond motifs is 1. The number of carbonyl (C=O) groups excluding carboxylic acids is 2. The lowest BCUT2D eigenvalue weighted by molar-refractivity contribution is -0.383. The monoisotopic (exact) mass is 500 g/mol. The van der Waals surface area contributed by atoms with Gasteiger partial charge < -0.3 is 10.1 Å². The number of ether oxygens (including phenoxy) is 1. The summed E-state index contributed by atoms with van der Waals surface area (Å²) in [6, 6.07) is 18.9. The molecule has 0 bridgehead atoms. The van der Waals surface area contributed by atoms with Gasteiger partial charge in [0.1, 0.15) is 6.33 Å². The SMILES string of the molecule is CC(C)COC(=O)c1ccc(Nc2ncnc(NNC(=O)c3cccc4ccccc34)c2[N+](=O)[O-])cc1. The van der Waals surface area contributed by atoms with Crippen LogP contribution in [0.5, 0.6) is 0 Å². The Morgan fingerprint density at radius 2 is 1.68 bits per heavy atom. The smallest absolute Gasteiger partial charge is 0.355 e. The van der Waals surface area contributed by atoms with Crippen molar-refractivity contribution >= 4 is 45.7 Å². The third-order valence-electron chi connectivity index (χ3n) is 5.26. The summed E-state index contributed by atoms with van der Waals surface area (Å²) in [5.74, 6) is -1.04. The second kappa shape index (κ2) is 11.1. The Balaban J connectivity index is 1.50. The Labute approximate surface area is 212 Å². The number of aromatic nitrogens is 2. The molecule has 11 nitrogen and oxygen atoms in total. The van der Waals surface area contributed by atoms with Gasteiger partial charge in [0.05, 0.1) is 17.1 Å². The van der Waals surface area contributed by atoms with Gasteiger partial charge in [0.15, 0.2) is 0 Å². The van der Waals surface area contributed by atoms with Crippen LogP contribution in [0.4, 0.5) is 23.0 Å². The molecule has 11 heteroatoms. The Morgan fingerprint density at radius 1 is 0.973 bits per heavy atom. The van der Waals surface area contributed by atoms with Crippen LogP contribution in [0.25, 0.3) is 10.8 Å². The third kappa shape index (κ3) is 5.96. The molecule has 0 radical (unpaired) electrons. The van der Waals surface area contributed by atoms with Crippen LogP contribution in [-0.4, -0.2) is 33.4 Å². The van der Waals surface area contributed by atoms with Gasteiger partial charge in [0.2, 0.25) is 11.6 Å². The Kier molecular flexibility index (Phi) is 7.53. The number of carbonyl (C=O) groups is 2. The number of benzene rings is 3. The lowest BCUT2D eigenvalue weighted by Gasteiger charge is -2.12. The molecule has 0 atom stereocenters. The highest BCUT2D eigenvalue weighted by molar-refractivity contribution is 6.07. The summed E-state index contributed by atoms with van der Waals surface area (Å²) in [7, 11) is 0. The quantitative estimate of drug-likeness (QED) is 0.166. The van der Waals surface area contributed by atoms with Crippen molar-refractivity contribution in [3.8, 4) is 0 Å². The van der Waals surface area contributed by atoms with Crippen LogP contribution in [0, 0.1) is 16.0 Å². The van der Waals surface area contributed by atoms with Crippen molar-refractivity contribution in [1.82, 2.24) is 15.4 Å². The number of amides is 1. The van der Waals surface area contributed by atoms with Crippen LogP contribution >= 0.6 is 0 Å². The summed E-state index contributed by atoms with van der Waals surface area (Å²) < 4.78 is 5.20. The number of nitro groups is 1. The van der Waals surface area contributed by atoms with Crippen molar-refractivity contribution in [3.05, 3.63) is 94.3 Å². The molecule has 4 aromatic rings. The largest absolute Gasteiger partial charge is 0.462 e. The van der Waals surface area contributed by atoms with Crippen LogP contribution in [0.2, 0.25) is 0 Å². The molecule has 3 aromatic carbocycles. The van der Waals surface area contributed by atoms with E-state index in [2.05, 4.69) is 26.1 Å². The predicted molar refractivity (Wildman–Crippen MR) is 139 cm³/mol. The van der Waals surface area contributed by atoms with Crippen LogP contribution in [0.15, 0.2) is 73.1 Å². The van der Waals surface area contributed by atoms with Gasteiger partial charge in [0, 0.05) is 11.3 Å².